The average molecular weight is 888 g/mol. The molecular formula is C41H39F12O6S+. The lowest BCUT2D eigenvalue weighted by molar-refractivity contribution is -0.473. The smallest absolute Gasteiger partial charge is 0.426 e. The van der Waals surface area contributed by atoms with Crippen molar-refractivity contribution in [2.45, 2.75) is 108 Å². The van der Waals surface area contributed by atoms with Crippen LogP contribution >= 0.6 is 0 Å². The van der Waals surface area contributed by atoms with Crippen LogP contribution in [0.25, 0.3) is 0 Å². The minimum atomic E-state index is -5.58. The number of halogens is 12. The second-order valence-corrected chi connectivity index (χ2v) is 18.0. The molecule has 2 aliphatic heterocycles. The van der Waals surface area contributed by atoms with Gasteiger partial charge in [0.1, 0.15) is 11.5 Å². The van der Waals surface area contributed by atoms with Crippen molar-refractivity contribution in [2.75, 3.05) is 13.6 Å². The van der Waals surface area contributed by atoms with Crippen LogP contribution in [0.4, 0.5) is 52.7 Å². The van der Waals surface area contributed by atoms with Gasteiger partial charge in [-0.3, -0.25) is 0 Å². The number of alkyl halides is 12. The quantitative estimate of drug-likeness (QED) is 0.109. The van der Waals surface area contributed by atoms with Crippen LogP contribution in [0.15, 0.2) is 93.5 Å². The van der Waals surface area contributed by atoms with Crippen molar-refractivity contribution in [1.82, 2.24) is 0 Å². The van der Waals surface area contributed by atoms with Gasteiger partial charge >= 0.3 is 24.7 Å². The first-order valence-corrected chi connectivity index (χ1v) is 20.1. The number of fused-ring (bicyclic) bond motifs is 10. The maximum Gasteiger partial charge on any atom is 0.426 e. The van der Waals surface area contributed by atoms with Crippen LogP contribution in [-0.4, -0.2) is 73.9 Å². The molecule has 60 heavy (non-hydrogen) atoms. The van der Waals surface area contributed by atoms with E-state index < -0.39 is 107 Å². The van der Waals surface area contributed by atoms with E-state index in [9.17, 15) is 52.7 Å². The van der Waals surface area contributed by atoms with Crippen LogP contribution in [0.3, 0.4) is 0 Å². The van der Waals surface area contributed by atoms with E-state index in [0.29, 0.717) is 11.5 Å². The van der Waals surface area contributed by atoms with E-state index in [1.807, 2.05) is 54.6 Å². The second kappa shape index (κ2) is 14.9. The molecule has 3 aromatic rings. The Bertz CT molecular complexity index is 1840. The third kappa shape index (κ3) is 6.57. The highest BCUT2D eigenvalue weighted by molar-refractivity contribution is 7.97. The molecule has 4 saturated carbocycles. The van der Waals surface area contributed by atoms with Crippen LogP contribution < -0.4 is 9.47 Å². The molecule has 328 valence electrons. The fourth-order valence-corrected chi connectivity index (χ4v) is 12.9. The summed E-state index contributed by atoms with van der Waals surface area (Å²) in [6.45, 7) is -0.533. The molecule has 0 spiro atoms. The molecule has 6 aliphatic rings. The first-order chi connectivity index (χ1) is 27.7. The molecule has 10 unspecified atom stereocenters. The third-order valence-corrected chi connectivity index (χ3v) is 15.4. The summed E-state index contributed by atoms with van der Waals surface area (Å²) in [4.78, 5) is 2.81. The summed E-state index contributed by atoms with van der Waals surface area (Å²) in [6, 6.07) is 24.0. The van der Waals surface area contributed by atoms with Gasteiger partial charge in [-0.15, -0.1) is 0 Å². The van der Waals surface area contributed by atoms with Crippen LogP contribution in [0.5, 0.6) is 11.5 Å². The summed E-state index contributed by atoms with van der Waals surface area (Å²) in [6.07, 6.45) is -25.5. The largest absolute Gasteiger partial charge is 0.468 e. The van der Waals surface area contributed by atoms with Gasteiger partial charge in [-0.05, 0) is 98.2 Å². The average Bonchev–Trinajstić information content (AvgIpc) is 3.84. The highest BCUT2D eigenvalue weighted by atomic mass is 32.2. The number of hydrogen-bond donors (Lipinski definition) is 0. The Morgan fingerprint density at radius 3 is 1.18 bits per heavy atom. The zero-order valence-electron chi connectivity index (χ0n) is 30.4. The fourth-order valence-electron chi connectivity index (χ4n) is 10.8. The summed E-state index contributed by atoms with van der Waals surface area (Å²) in [7, 11) is -0.611. The van der Waals surface area contributed by atoms with Gasteiger partial charge in [0.25, 0.3) is 11.2 Å². The van der Waals surface area contributed by atoms with E-state index in [4.69, 9.17) is 18.9 Å². The molecule has 2 heterocycles. The minimum absolute atomic E-state index is 0. The molecule has 0 N–H and O–H groups in total. The van der Waals surface area contributed by atoms with Crippen molar-refractivity contribution in [3.8, 4) is 11.5 Å². The van der Waals surface area contributed by atoms with E-state index in [-0.39, 0.29) is 46.7 Å². The van der Waals surface area contributed by atoms with Crippen LogP contribution in [0.2, 0.25) is 0 Å². The van der Waals surface area contributed by atoms with Gasteiger partial charge < -0.3 is 28.4 Å². The van der Waals surface area contributed by atoms with Crippen molar-refractivity contribution in [2.24, 2.45) is 35.5 Å². The summed E-state index contributed by atoms with van der Waals surface area (Å²) in [5.74, 6) is -5.40. The molecule has 6 fully saturated rings. The van der Waals surface area contributed by atoms with E-state index in [0.717, 1.165) is 14.7 Å². The van der Waals surface area contributed by atoms with E-state index in [2.05, 4.69) is 9.47 Å². The number of benzene rings is 3. The molecule has 9 rings (SSSR count). The standard InChI is InChI=1S/C40H35F12O6S.CH4/c41-37(42,43)35(38(44,45)46)31-20-14-27(33(31)57-35)29(16-20)55-18-53-22-6-10-25(11-7-22)59(24-4-2-1-3-5-24)26-12-8-23(9-13-26)54-19-56-30-17-21-15-28(30)34-32(21)36(58-34,39(47,48)49)40(50,51)52;/h1-13,20-21,27-34H,14-19H2;1H4/q+1;. The Balaban J connectivity index is 0.00000499. The second-order valence-electron chi connectivity index (χ2n) is 16.0. The topological polar surface area (TPSA) is 55.4 Å². The summed E-state index contributed by atoms with van der Waals surface area (Å²) >= 11 is 0. The zero-order valence-corrected chi connectivity index (χ0v) is 31.2. The van der Waals surface area contributed by atoms with Gasteiger partial charge in [0.05, 0.1) is 35.3 Å². The van der Waals surface area contributed by atoms with Crippen LogP contribution in [0.1, 0.15) is 33.1 Å². The highest BCUT2D eigenvalue weighted by Gasteiger charge is 2.88. The lowest BCUT2D eigenvalue weighted by Gasteiger charge is -2.57. The summed E-state index contributed by atoms with van der Waals surface area (Å²) in [5, 5.41) is 0. The van der Waals surface area contributed by atoms with Gasteiger partial charge in [0.2, 0.25) is 0 Å². The molecule has 0 aromatic heterocycles. The van der Waals surface area contributed by atoms with Gasteiger partial charge in [-0.25, -0.2) is 0 Å². The Labute approximate surface area is 339 Å². The maximum absolute atomic E-state index is 13.6. The Morgan fingerprint density at radius 2 is 0.850 bits per heavy atom. The number of ether oxygens (including phenoxy) is 6. The third-order valence-electron chi connectivity index (χ3n) is 13.1. The van der Waals surface area contributed by atoms with Crippen molar-refractivity contribution in [3.63, 3.8) is 0 Å². The molecule has 10 atom stereocenters. The van der Waals surface area contributed by atoms with Gasteiger partial charge in [0.15, 0.2) is 28.3 Å². The number of rotatable bonds is 11. The van der Waals surface area contributed by atoms with Gasteiger partial charge in [-0.2, -0.15) is 52.7 Å². The molecular weight excluding hydrogens is 848 g/mol. The summed E-state index contributed by atoms with van der Waals surface area (Å²) in [5.41, 5.74) is -8.28. The van der Waals surface area contributed by atoms with Crippen molar-refractivity contribution in [3.05, 3.63) is 78.9 Å². The minimum Gasteiger partial charge on any atom is -0.468 e. The van der Waals surface area contributed by atoms with E-state index >= 15 is 0 Å². The highest BCUT2D eigenvalue weighted by Crippen LogP contribution is 2.71. The predicted molar refractivity (Wildman–Crippen MR) is 188 cm³/mol. The van der Waals surface area contributed by atoms with E-state index in [1.165, 1.54) is 0 Å². The van der Waals surface area contributed by atoms with Crippen molar-refractivity contribution in [1.29, 1.82) is 0 Å². The molecule has 3 aromatic carbocycles. The molecule has 4 bridgehead atoms. The van der Waals surface area contributed by atoms with Crippen molar-refractivity contribution < 1.29 is 81.1 Å². The molecule has 19 heteroatoms. The van der Waals surface area contributed by atoms with Gasteiger partial charge in [-0.1, -0.05) is 25.6 Å². The first kappa shape index (κ1) is 43.3. The molecule has 2 saturated heterocycles. The van der Waals surface area contributed by atoms with E-state index in [1.54, 1.807) is 24.3 Å². The Hall–Kier alpha value is -3.39. The van der Waals surface area contributed by atoms with Crippen LogP contribution in [0, 0.1) is 35.5 Å². The van der Waals surface area contributed by atoms with Crippen molar-refractivity contribution >= 4 is 10.9 Å². The fraction of sp³-hybridized carbons (Fsp3) is 0.561. The monoisotopic (exact) mass is 887 g/mol. The molecule has 0 radical (unpaired) electrons. The lowest BCUT2D eigenvalue weighted by Crippen LogP contribution is -2.76. The molecule has 4 aliphatic carbocycles. The normalized spacial score (nSPS) is 32.6. The van der Waals surface area contributed by atoms with Gasteiger partial charge in [0, 0.05) is 23.7 Å². The number of hydrogen-bond acceptors (Lipinski definition) is 6. The Kier molecular flexibility index (Phi) is 10.7. The van der Waals surface area contributed by atoms with Crippen LogP contribution in [-0.2, 0) is 29.8 Å². The first-order valence-electron chi connectivity index (χ1n) is 18.9. The Morgan fingerprint density at radius 1 is 0.500 bits per heavy atom. The zero-order chi connectivity index (χ0) is 41.9. The SMILES string of the molecule is C.FC(F)(F)C1(C(F)(F)F)OC2C3CC(CC3OCOc3ccc([S+](c4ccccc4)c4ccc(OCOC5CC6CC5C5OC(C(F)(F)F)(C(F)(F)F)C65)cc4)cc3)C21. The molecule has 0 amide bonds. The summed E-state index contributed by atoms with van der Waals surface area (Å²) < 4.78 is 196. The predicted octanol–water partition coefficient (Wildman–Crippen LogP) is 10.7. The lowest BCUT2D eigenvalue weighted by atomic mass is 9.67. The maximum atomic E-state index is 13.6. The molecule has 6 nitrogen and oxygen atoms in total.